The van der Waals surface area contributed by atoms with Crippen LogP contribution in [0.2, 0.25) is 0 Å². The molecular formula is C25H39N. The van der Waals surface area contributed by atoms with Gasteiger partial charge in [0.25, 0.3) is 0 Å². The van der Waals surface area contributed by atoms with Gasteiger partial charge in [-0.15, -0.1) is 0 Å². The number of hydrogen-bond donors (Lipinski definition) is 1. The van der Waals surface area contributed by atoms with Crippen LogP contribution >= 0.6 is 0 Å². The summed E-state index contributed by atoms with van der Waals surface area (Å²) in [6.07, 6.45) is 15.8. The quantitative estimate of drug-likeness (QED) is 0.366. The smallest absolute Gasteiger partial charge is 0.0303 e. The van der Waals surface area contributed by atoms with Crippen molar-refractivity contribution in [3.05, 3.63) is 47.5 Å². The Morgan fingerprint density at radius 2 is 1.38 bits per heavy atom. The van der Waals surface area contributed by atoms with Crippen molar-refractivity contribution in [3.8, 4) is 0 Å². The monoisotopic (exact) mass is 353 g/mol. The van der Waals surface area contributed by atoms with Gasteiger partial charge in [-0.25, -0.2) is 0 Å². The number of rotatable bonds is 13. The van der Waals surface area contributed by atoms with Gasteiger partial charge in [0, 0.05) is 6.04 Å². The first-order valence-corrected chi connectivity index (χ1v) is 11.0. The summed E-state index contributed by atoms with van der Waals surface area (Å²) in [6, 6.07) is 13.5. The molecule has 1 nitrogen and oxygen atoms in total. The highest BCUT2D eigenvalue weighted by molar-refractivity contribution is 5.87. The largest absolute Gasteiger partial charge is 0.324 e. The molecule has 0 amide bonds. The first kappa shape index (κ1) is 21.0. The number of hydrogen-bond acceptors (Lipinski definition) is 1. The molecule has 1 heteroatoms. The van der Waals surface area contributed by atoms with Crippen molar-refractivity contribution in [1.29, 1.82) is 0 Å². The van der Waals surface area contributed by atoms with Crippen LogP contribution in [-0.2, 0) is 6.42 Å². The highest BCUT2D eigenvalue weighted by Crippen LogP contribution is 2.30. The van der Waals surface area contributed by atoms with Crippen molar-refractivity contribution in [2.24, 2.45) is 5.73 Å². The average molecular weight is 354 g/mol. The van der Waals surface area contributed by atoms with E-state index in [4.69, 9.17) is 5.73 Å². The second kappa shape index (κ2) is 12.1. The van der Waals surface area contributed by atoms with Crippen LogP contribution in [0.5, 0.6) is 0 Å². The van der Waals surface area contributed by atoms with Crippen molar-refractivity contribution in [2.45, 2.75) is 96.9 Å². The Balaban J connectivity index is 1.85. The van der Waals surface area contributed by atoms with Crippen molar-refractivity contribution in [1.82, 2.24) is 0 Å². The van der Waals surface area contributed by atoms with Crippen molar-refractivity contribution >= 4 is 10.8 Å². The van der Waals surface area contributed by atoms with E-state index in [1.54, 1.807) is 0 Å². The number of nitrogens with two attached hydrogens (primary N) is 1. The Labute approximate surface area is 161 Å². The molecule has 0 saturated heterocycles. The zero-order chi connectivity index (χ0) is 18.6. The van der Waals surface area contributed by atoms with Gasteiger partial charge < -0.3 is 5.73 Å². The lowest BCUT2D eigenvalue weighted by Crippen LogP contribution is -2.13. The highest BCUT2D eigenvalue weighted by atomic mass is 14.6. The third kappa shape index (κ3) is 6.43. The molecule has 0 aliphatic heterocycles. The molecule has 0 radical (unpaired) electrons. The first-order valence-electron chi connectivity index (χ1n) is 11.0. The molecule has 26 heavy (non-hydrogen) atoms. The van der Waals surface area contributed by atoms with Gasteiger partial charge in [0.2, 0.25) is 0 Å². The van der Waals surface area contributed by atoms with E-state index in [1.165, 1.54) is 86.1 Å². The lowest BCUT2D eigenvalue weighted by molar-refractivity contribution is 0.532. The summed E-state index contributed by atoms with van der Waals surface area (Å²) in [7, 11) is 0. The summed E-state index contributed by atoms with van der Waals surface area (Å²) < 4.78 is 0. The number of aryl methyl sites for hydroxylation is 1. The van der Waals surface area contributed by atoms with Gasteiger partial charge in [0.1, 0.15) is 0 Å². The molecular weight excluding hydrogens is 314 g/mol. The normalized spacial score (nSPS) is 12.6. The molecule has 2 aromatic carbocycles. The lowest BCUT2D eigenvalue weighted by Gasteiger charge is -2.19. The van der Waals surface area contributed by atoms with Gasteiger partial charge in [-0.05, 0) is 34.7 Å². The van der Waals surface area contributed by atoms with Crippen molar-refractivity contribution in [3.63, 3.8) is 0 Å². The Kier molecular flexibility index (Phi) is 9.77. The fourth-order valence-electron chi connectivity index (χ4n) is 4.09. The van der Waals surface area contributed by atoms with Gasteiger partial charge in [0.15, 0.2) is 0 Å². The molecule has 0 aliphatic carbocycles. The zero-order valence-corrected chi connectivity index (χ0v) is 17.1. The van der Waals surface area contributed by atoms with Crippen LogP contribution in [0, 0.1) is 0 Å². The van der Waals surface area contributed by atoms with Crippen LogP contribution < -0.4 is 5.73 Å². The van der Waals surface area contributed by atoms with E-state index in [2.05, 4.69) is 50.2 Å². The van der Waals surface area contributed by atoms with Crippen LogP contribution in [0.15, 0.2) is 36.4 Å². The summed E-state index contributed by atoms with van der Waals surface area (Å²) in [5.74, 6) is 0. The van der Waals surface area contributed by atoms with E-state index in [9.17, 15) is 0 Å². The summed E-state index contributed by atoms with van der Waals surface area (Å²) >= 11 is 0. The van der Waals surface area contributed by atoms with Crippen LogP contribution in [0.3, 0.4) is 0 Å². The predicted molar refractivity (Wildman–Crippen MR) is 117 cm³/mol. The predicted octanol–water partition coefficient (Wildman–Crippen LogP) is 7.71. The van der Waals surface area contributed by atoms with Gasteiger partial charge in [-0.3, -0.25) is 0 Å². The lowest BCUT2D eigenvalue weighted by atomic mass is 9.89. The average Bonchev–Trinajstić information content (AvgIpc) is 2.66. The SMILES string of the molecule is CCCCCCCCCCCC(N)c1c(CCC)ccc2ccccc12. The molecule has 2 N–H and O–H groups in total. The minimum absolute atomic E-state index is 0.173. The Morgan fingerprint density at radius 1 is 0.731 bits per heavy atom. The Hall–Kier alpha value is -1.34. The van der Waals surface area contributed by atoms with Gasteiger partial charge >= 0.3 is 0 Å². The van der Waals surface area contributed by atoms with E-state index in [0.29, 0.717) is 0 Å². The van der Waals surface area contributed by atoms with E-state index in [0.717, 1.165) is 12.8 Å². The second-order valence-corrected chi connectivity index (χ2v) is 7.83. The topological polar surface area (TPSA) is 26.0 Å². The Morgan fingerprint density at radius 3 is 2.08 bits per heavy atom. The molecule has 1 unspecified atom stereocenters. The van der Waals surface area contributed by atoms with E-state index < -0.39 is 0 Å². The maximum atomic E-state index is 6.69. The first-order chi connectivity index (χ1) is 12.8. The molecule has 2 aromatic rings. The molecule has 1 atom stereocenters. The third-order valence-electron chi connectivity index (χ3n) is 5.57. The second-order valence-electron chi connectivity index (χ2n) is 7.83. The molecule has 0 saturated carbocycles. The van der Waals surface area contributed by atoms with Crippen molar-refractivity contribution < 1.29 is 0 Å². The Bertz CT molecular complexity index is 631. The van der Waals surface area contributed by atoms with Crippen LogP contribution in [-0.4, -0.2) is 0 Å². The fraction of sp³-hybridized carbons (Fsp3) is 0.600. The minimum Gasteiger partial charge on any atom is -0.324 e. The minimum atomic E-state index is 0.173. The maximum absolute atomic E-state index is 6.69. The zero-order valence-electron chi connectivity index (χ0n) is 17.1. The summed E-state index contributed by atoms with van der Waals surface area (Å²) in [4.78, 5) is 0. The summed E-state index contributed by atoms with van der Waals surface area (Å²) in [6.45, 7) is 4.54. The van der Waals surface area contributed by atoms with Crippen LogP contribution in [0.4, 0.5) is 0 Å². The maximum Gasteiger partial charge on any atom is 0.0303 e. The van der Waals surface area contributed by atoms with E-state index in [-0.39, 0.29) is 6.04 Å². The van der Waals surface area contributed by atoms with E-state index in [1.807, 2.05) is 0 Å². The van der Waals surface area contributed by atoms with Gasteiger partial charge in [-0.2, -0.15) is 0 Å². The molecule has 2 rings (SSSR count). The number of benzene rings is 2. The molecule has 144 valence electrons. The molecule has 0 heterocycles. The number of fused-ring (bicyclic) bond motifs is 1. The fourth-order valence-corrected chi connectivity index (χ4v) is 4.09. The summed E-state index contributed by atoms with van der Waals surface area (Å²) in [5.41, 5.74) is 9.55. The highest BCUT2D eigenvalue weighted by Gasteiger charge is 2.14. The molecule has 0 aromatic heterocycles. The van der Waals surface area contributed by atoms with Crippen LogP contribution in [0.1, 0.15) is 102 Å². The van der Waals surface area contributed by atoms with E-state index >= 15 is 0 Å². The number of unbranched alkanes of at least 4 members (excludes halogenated alkanes) is 8. The van der Waals surface area contributed by atoms with Crippen LogP contribution in [0.25, 0.3) is 10.8 Å². The van der Waals surface area contributed by atoms with Gasteiger partial charge in [0.05, 0.1) is 0 Å². The third-order valence-corrected chi connectivity index (χ3v) is 5.57. The standard InChI is InChI=1S/C25H39N/c1-3-5-6-7-8-9-10-11-12-18-24(26)25-22(15-4-2)20-19-21-16-13-14-17-23(21)25/h13-14,16-17,19-20,24H,3-12,15,18,26H2,1-2H3. The summed E-state index contributed by atoms with van der Waals surface area (Å²) in [5, 5.41) is 2.69. The molecule has 0 bridgehead atoms. The molecule has 0 aliphatic rings. The molecule has 0 fully saturated rings. The molecule has 0 spiro atoms. The van der Waals surface area contributed by atoms with Crippen molar-refractivity contribution in [2.75, 3.05) is 0 Å². The van der Waals surface area contributed by atoms with Gasteiger partial charge in [-0.1, -0.05) is 114 Å².